The Kier molecular flexibility index (Phi) is 15.3. The van der Waals surface area contributed by atoms with Gasteiger partial charge in [0.15, 0.2) is 0 Å². The van der Waals surface area contributed by atoms with Crippen molar-refractivity contribution < 1.29 is 51.4 Å². The van der Waals surface area contributed by atoms with Crippen molar-refractivity contribution >= 4 is 52.9 Å². The van der Waals surface area contributed by atoms with Gasteiger partial charge in [-0.1, -0.05) is 52.0 Å². The Morgan fingerprint density at radius 1 is 0.615 bits per heavy atom. The van der Waals surface area contributed by atoms with Crippen LogP contribution in [0.3, 0.4) is 0 Å². The minimum absolute atomic E-state index is 0.270. The smallest absolute Gasteiger partial charge is 0.416 e. The molecule has 6 rings (SSSR count). The summed E-state index contributed by atoms with van der Waals surface area (Å²) in [7, 11) is 2.42. The molecule has 0 spiro atoms. The molecule has 3 fully saturated rings. The number of alkyl halides is 3. The highest BCUT2D eigenvalue weighted by molar-refractivity contribution is 6.00. The Labute approximate surface area is 376 Å². The number of halogens is 3. The van der Waals surface area contributed by atoms with Crippen LogP contribution in [0.1, 0.15) is 95.0 Å². The van der Waals surface area contributed by atoms with Gasteiger partial charge in [0.1, 0.15) is 24.2 Å². The number of ether oxygens (including phenoxy) is 2. The molecule has 0 radical (unpaired) electrons. The highest BCUT2D eigenvalue weighted by Gasteiger charge is 2.42. The van der Waals surface area contributed by atoms with Gasteiger partial charge in [-0.05, 0) is 110 Å². The molecule has 0 aliphatic carbocycles. The molecule has 65 heavy (non-hydrogen) atoms. The number of nitrogens with zero attached hydrogens (tertiary/aromatic N) is 3. The summed E-state index contributed by atoms with van der Waals surface area (Å²) >= 11 is 0. The summed E-state index contributed by atoms with van der Waals surface area (Å²) in [6.07, 6.45) is -2.82. The Hall–Kier alpha value is -6.33. The van der Waals surface area contributed by atoms with Crippen LogP contribution < -0.4 is 26.2 Å². The number of carbonyl (C=O) groups is 6. The molecule has 18 heteroatoms. The van der Waals surface area contributed by atoms with Crippen molar-refractivity contribution in [3.63, 3.8) is 0 Å². The standard InChI is InChI=1S/C47H58F3N7O8/c1-27(2)39(53-45(62)64-5)43(60)55-23-9-15-37(55)41(58)51-32-13-7-11-29(25-32)35-21-22-36(57(35)34-19-17-31(18-20-34)47(48,49)50)30-12-8-14-33(26-30)52-42(59)38-16-10-24-56(38)44(61)40(28(3)4)54-46(63)65-6/h7-8,11-14,17-20,25-28,35-40H,9-10,15-16,21-24H2,1-6H3,(H,51,58)(H,52,59)(H,53,62)(H,54,63). The first-order chi connectivity index (χ1) is 30.9. The molecule has 6 atom stereocenters. The summed E-state index contributed by atoms with van der Waals surface area (Å²) in [5, 5.41) is 11.1. The molecule has 3 aromatic carbocycles. The zero-order valence-corrected chi connectivity index (χ0v) is 37.4. The van der Waals surface area contributed by atoms with Crippen LogP contribution in [0.15, 0.2) is 72.8 Å². The number of hydrogen-bond donors (Lipinski definition) is 4. The first-order valence-electron chi connectivity index (χ1n) is 22.0. The third-order valence-electron chi connectivity index (χ3n) is 12.4. The van der Waals surface area contributed by atoms with E-state index in [-0.39, 0.29) is 47.5 Å². The third kappa shape index (κ3) is 11.1. The first-order valence-corrected chi connectivity index (χ1v) is 22.0. The maximum absolute atomic E-state index is 13.8. The van der Waals surface area contributed by atoms with Crippen molar-refractivity contribution in [3.8, 4) is 0 Å². The average molecular weight is 906 g/mol. The largest absolute Gasteiger partial charge is 0.453 e. The van der Waals surface area contributed by atoms with Crippen LogP contribution in [0, 0.1) is 11.8 Å². The van der Waals surface area contributed by atoms with E-state index in [2.05, 4.69) is 26.2 Å². The second-order valence-electron chi connectivity index (χ2n) is 17.4. The zero-order valence-electron chi connectivity index (χ0n) is 37.4. The lowest BCUT2D eigenvalue weighted by Gasteiger charge is -2.34. The zero-order chi connectivity index (χ0) is 47.2. The lowest BCUT2D eigenvalue weighted by Crippen LogP contribution is -2.54. The molecular weight excluding hydrogens is 848 g/mol. The molecule has 3 aliphatic heterocycles. The van der Waals surface area contributed by atoms with E-state index in [0.29, 0.717) is 68.7 Å². The van der Waals surface area contributed by atoms with Crippen molar-refractivity contribution in [2.45, 2.75) is 109 Å². The second kappa shape index (κ2) is 20.7. The molecule has 3 heterocycles. The van der Waals surface area contributed by atoms with Gasteiger partial charge in [-0.25, -0.2) is 9.59 Å². The molecule has 3 saturated heterocycles. The quantitative estimate of drug-likeness (QED) is 0.136. The molecule has 0 saturated carbocycles. The van der Waals surface area contributed by atoms with Gasteiger partial charge in [0, 0.05) is 30.2 Å². The van der Waals surface area contributed by atoms with E-state index in [1.54, 1.807) is 52.0 Å². The number of likely N-dealkylation sites (tertiary alicyclic amines) is 2. The van der Waals surface area contributed by atoms with Crippen LogP contribution in [0.2, 0.25) is 0 Å². The van der Waals surface area contributed by atoms with Gasteiger partial charge in [-0.3, -0.25) is 19.2 Å². The summed E-state index contributed by atoms with van der Waals surface area (Å²) < 4.78 is 50.7. The fourth-order valence-corrected chi connectivity index (χ4v) is 9.11. The maximum atomic E-state index is 13.8. The third-order valence-corrected chi connectivity index (χ3v) is 12.4. The summed E-state index contributed by atoms with van der Waals surface area (Å²) in [6, 6.07) is 15.4. The van der Waals surface area contributed by atoms with Gasteiger partial charge in [0.05, 0.1) is 31.9 Å². The summed E-state index contributed by atoms with van der Waals surface area (Å²) in [5.41, 5.74) is 2.28. The second-order valence-corrected chi connectivity index (χ2v) is 17.4. The highest BCUT2D eigenvalue weighted by Crippen LogP contribution is 2.48. The Bertz CT molecular complexity index is 2100. The van der Waals surface area contributed by atoms with Gasteiger partial charge in [0.25, 0.3) is 0 Å². The number of hydrogen-bond acceptors (Lipinski definition) is 9. The molecule has 350 valence electrons. The minimum Gasteiger partial charge on any atom is -0.453 e. The number of benzene rings is 3. The summed E-state index contributed by atoms with van der Waals surface area (Å²) in [5.74, 6) is -2.09. The maximum Gasteiger partial charge on any atom is 0.416 e. The Morgan fingerprint density at radius 3 is 1.40 bits per heavy atom. The predicted molar refractivity (Wildman–Crippen MR) is 237 cm³/mol. The SMILES string of the molecule is COC(=O)NC(C(=O)N1CCCC1C(=O)Nc1cccc(C2CCC(c3cccc(NC(=O)C4CCCN4C(=O)C(NC(=O)OC)C(C)C)c3)N2c2ccc(C(F)(F)F)cc2)c1)C(C)C. The van der Waals surface area contributed by atoms with Crippen molar-refractivity contribution in [2.75, 3.05) is 42.8 Å². The van der Waals surface area contributed by atoms with Crippen LogP contribution >= 0.6 is 0 Å². The van der Waals surface area contributed by atoms with E-state index in [1.165, 1.54) is 36.2 Å². The molecule has 6 unspecified atom stereocenters. The minimum atomic E-state index is -4.54. The number of anilines is 3. The van der Waals surface area contributed by atoms with Crippen molar-refractivity contribution in [1.82, 2.24) is 20.4 Å². The normalized spacial score (nSPS) is 20.6. The van der Waals surface area contributed by atoms with E-state index in [0.717, 1.165) is 23.3 Å². The first kappa shape index (κ1) is 48.1. The number of methoxy groups -OCH3 is 2. The van der Waals surface area contributed by atoms with E-state index in [4.69, 9.17) is 9.47 Å². The van der Waals surface area contributed by atoms with Crippen LogP contribution in [-0.4, -0.2) is 97.1 Å². The van der Waals surface area contributed by atoms with Gasteiger partial charge in [-0.15, -0.1) is 0 Å². The van der Waals surface area contributed by atoms with Crippen LogP contribution in [-0.2, 0) is 34.8 Å². The molecule has 15 nitrogen and oxygen atoms in total. The lowest BCUT2D eigenvalue weighted by molar-refractivity contribution is -0.139. The molecule has 4 N–H and O–H groups in total. The number of carbonyl (C=O) groups excluding carboxylic acids is 6. The van der Waals surface area contributed by atoms with E-state index < -0.39 is 48.1 Å². The van der Waals surface area contributed by atoms with Gasteiger partial charge in [-0.2, -0.15) is 13.2 Å². The predicted octanol–water partition coefficient (Wildman–Crippen LogP) is 7.41. The van der Waals surface area contributed by atoms with Crippen molar-refractivity contribution in [1.29, 1.82) is 0 Å². The topological polar surface area (TPSA) is 179 Å². The lowest BCUT2D eigenvalue weighted by atomic mass is 10.0. The monoisotopic (exact) mass is 905 g/mol. The molecule has 0 aromatic heterocycles. The number of rotatable bonds is 13. The van der Waals surface area contributed by atoms with Crippen LogP contribution in [0.5, 0.6) is 0 Å². The van der Waals surface area contributed by atoms with Gasteiger partial charge < -0.3 is 45.4 Å². The number of alkyl carbamates (subject to hydrolysis) is 2. The van der Waals surface area contributed by atoms with E-state index >= 15 is 0 Å². The average Bonchev–Trinajstić information content (AvgIpc) is 4.08. The van der Waals surface area contributed by atoms with Gasteiger partial charge in [0.2, 0.25) is 23.6 Å². The van der Waals surface area contributed by atoms with Gasteiger partial charge >= 0.3 is 18.4 Å². The number of nitrogens with one attached hydrogen (secondary N) is 4. The van der Waals surface area contributed by atoms with Crippen LogP contribution in [0.25, 0.3) is 0 Å². The summed E-state index contributed by atoms with van der Waals surface area (Å²) in [6.45, 7) is 7.84. The van der Waals surface area contributed by atoms with Crippen LogP contribution in [0.4, 0.5) is 39.8 Å². The van der Waals surface area contributed by atoms with Crippen molar-refractivity contribution in [3.05, 3.63) is 89.5 Å². The summed E-state index contributed by atoms with van der Waals surface area (Å²) in [4.78, 5) is 84.0. The molecule has 6 amide bonds. The molecule has 3 aromatic rings. The molecule has 0 bridgehead atoms. The van der Waals surface area contributed by atoms with E-state index in [1.807, 2.05) is 24.3 Å². The number of amides is 6. The van der Waals surface area contributed by atoms with Crippen molar-refractivity contribution in [2.24, 2.45) is 11.8 Å². The molecular formula is C47H58F3N7O8. The highest BCUT2D eigenvalue weighted by atomic mass is 19.4. The Balaban J connectivity index is 1.23. The molecule has 3 aliphatic rings. The fraction of sp³-hybridized carbons (Fsp3) is 0.489. The van der Waals surface area contributed by atoms with E-state index in [9.17, 15) is 41.9 Å². The Morgan fingerprint density at radius 2 is 1.03 bits per heavy atom. The fourth-order valence-electron chi connectivity index (χ4n) is 9.11.